The molecule has 1 aromatic carbocycles. The highest BCUT2D eigenvalue weighted by Crippen LogP contribution is 2.38. The predicted octanol–water partition coefficient (Wildman–Crippen LogP) is 3.56. The topological polar surface area (TPSA) is 15.3 Å². The van der Waals surface area contributed by atoms with E-state index >= 15 is 0 Å². The van der Waals surface area contributed by atoms with E-state index in [2.05, 4.69) is 55.3 Å². The zero-order valence-electron chi connectivity index (χ0n) is 13.8. The van der Waals surface area contributed by atoms with Gasteiger partial charge in [0, 0.05) is 18.6 Å². The molecule has 2 nitrogen and oxygen atoms in total. The van der Waals surface area contributed by atoms with Gasteiger partial charge in [-0.1, -0.05) is 24.3 Å². The van der Waals surface area contributed by atoms with Crippen LogP contribution in [0.5, 0.6) is 0 Å². The SMILES string of the molecule is Cc1ccccc1C1CC(NCC2CCN(C(C)C)C2)C1. The van der Waals surface area contributed by atoms with Gasteiger partial charge in [0.05, 0.1) is 0 Å². The van der Waals surface area contributed by atoms with E-state index < -0.39 is 0 Å². The molecule has 2 fully saturated rings. The molecule has 1 atom stereocenters. The monoisotopic (exact) mass is 286 g/mol. The second kappa shape index (κ2) is 6.50. The number of benzene rings is 1. The highest BCUT2D eigenvalue weighted by atomic mass is 15.2. The minimum absolute atomic E-state index is 0.712. The minimum atomic E-state index is 0.712. The molecule has 3 rings (SSSR count). The van der Waals surface area contributed by atoms with Gasteiger partial charge in [0.2, 0.25) is 0 Å². The Morgan fingerprint density at radius 1 is 1.24 bits per heavy atom. The summed E-state index contributed by atoms with van der Waals surface area (Å²) in [6.45, 7) is 10.7. The molecule has 0 spiro atoms. The number of hydrogen-bond donors (Lipinski definition) is 1. The first kappa shape index (κ1) is 15.1. The van der Waals surface area contributed by atoms with Crippen LogP contribution in [0.25, 0.3) is 0 Å². The molecule has 2 aliphatic rings. The maximum absolute atomic E-state index is 3.81. The van der Waals surface area contributed by atoms with Crippen molar-refractivity contribution in [2.24, 2.45) is 5.92 Å². The van der Waals surface area contributed by atoms with Crippen LogP contribution < -0.4 is 5.32 Å². The maximum atomic E-state index is 3.81. The van der Waals surface area contributed by atoms with Gasteiger partial charge in [-0.3, -0.25) is 0 Å². The number of nitrogens with zero attached hydrogens (tertiary/aromatic N) is 1. The Labute approximate surface area is 129 Å². The van der Waals surface area contributed by atoms with Crippen LogP contribution in [0, 0.1) is 12.8 Å². The molecule has 1 aliphatic heterocycles. The largest absolute Gasteiger partial charge is 0.314 e. The van der Waals surface area contributed by atoms with Crippen LogP contribution in [0.1, 0.15) is 50.2 Å². The summed E-state index contributed by atoms with van der Waals surface area (Å²) in [6.07, 6.45) is 4.02. The van der Waals surface area contributed by atoms with Crippen molar-refractivity contribution in [3.8, 4) is 0 Å². The Morgan fingerprint density at radius 3 is 2.67 bits per heavy atom. The van der Waals surface area contributed by atoms with Crippen molar-refractivity contribution in [1.29, 1.82) is 0 Å². The molecular formula is C19H30N2. The molecule has 1 aromatic rings. The average Bonchev–Trinajstić information content (AvgIpc) is 2.88. The molecular weight excluding hydrogens is 256 g/mol. The van der Waals surface area contributed by atoms with E-state index in [0.29, 0.717) is 6.04 Å². The Hall–Kier alpha value is -0.860. The molecule has 116 valence electrons. The molecule has 1 unspecified atom stereocenters. The van der Waals surface area contributed by atoms with Crippen molar-refractivity contribution in [2.45, 2.75) is 58.0 Å². The van der Waals surface area contributed by atoms with E-state index in [4.69, 9.17) is 0 Å². The molecule has 0 amide bonds. The molecule has 1 aliphatic carbocycles. The first-order chi connectivity index (χ1) is 10.1. The van der Waals surface area contributed by atoms with Crippen molar-refractivity contribution in [2.75, 3.05) is 19.6 Å². The predicted molar refractivity (Wildman–Crippen MR) is 89.8 cm³/mol. The van der Waals surface area contributed by atoms with Gasteiger partial charge in [0.25, 0.3) is 0 Å². The fourth-order valence-corrected chi connectivity index (χ4v) is 3.91. The molecule has 1 N–H and O–H groups in total. The van der Waals surface area contributed by atoms with E-state index in [0.717, 1.165) is 17.9 Å². The van der Waals surface area contributed by atoms with E-state index in [9.17, 15) is 0 Å². The van der Waals surface area contributed by atoms with Gasteiger partial charge in [-0.2, -0.15) is 0 Å². The number of rotatable bonds is 5. The highest BCUT2D eigenvalue weighted by molar-refractivity contribution is 5.31. The van der Waals surface area contributed by atoms with Crippen LogP contribution in [0.4, 0.5) is 0 Å². The summed E-state index contributed by atoms with van der Waals surface area (Å²) < 4.78 is 0. The van der Waals surface area contributed by atoms with Crippen LogP contribution in [0.15, 0.2) is 24.3 Å². The van der Waals surface area contributed by atoms with Gasteiger partial charge in [-0.25, -0.2) is 0 Å². The molecule has 1 saturated carbocycles. The normalized spacial score (nSPS) is 29.8. The zero-order valence-corrected chi connectivity index (χ0v) is 13.8. The van der Waals surface area contributed by atoms with Crippen LogP contribution in [-0.2, 0) is 0 Å². The van der Waals surface area contributed by atoms with Crippen molar-refractivity contribution in [3.63, 3.8) is 0 Å². The third-order valence-electron chi connectivity index (χ3n) is 5.51. The molecule has 0 bridgehead atoms. The van der Waals surface area contributed by atoms with Crippen molar-refractivity contribution < 1.29 is 0 Å². The number of hydrogen-bond acceptors (Lipinski definition) is 2. The lowest BCUT2D eigenvalue weighted by molar-refractivity contribution is 0.249. The summed E-state index contributed by atoms with van der Waals surface area (Å²) >= 11 is 0. The Kier molecular flexibility index (Phi) is 4.66. The lowest BCUT2D eigenvalue weighted by Crippen LogP contribution is -2.42. The number of aryl methyl sites for hydroxylation is 1. The second-order valence-electron chi connectivity index (χ2n) is 7.37. The number of likely N-dealkylation sites (tertiary alicyclic amines) is 1. The summed E-state index contributed by atoms with van der Waals surface area (Å²) in [5.74, 6) is 1.66. The van der Waals surface area contributed by atoms with Crippen LogP contribution >= 0.6 is 0 Å². The summed E-state index contributed by atoms with van der Waals surface area (Å²) in [6, 6.07) is 10.4. The molecule has 0 aromatic heterocycles. The molecule has 21 heavy (non-hydrogen) atoms. The van der Waals surface area contributed by atoms with Crippen molar-refractivity contribution >= 4 is 0 Å². The van der Waals surface area contributed by atoms with E-state index in [-0.39, 0.29) is 0 Å². The average molecular weight is 286 g/mol. The lowest BCUT2D eigenvalue weighted by Gasteiger charge is -2.37. The fraction of sp³-hybridized carbons (Fsp3) is 0.684. The van der Waals surface area contributed by atoms with Gasteiger partial charge < -0.3 is 10.2 Å². The Bertz CT molecular complexity index is 462. The minimum Gasteiger partial charge on any atom is -0.314 e. The smallest absolute Gasteiger partial charge is 0.00788 e. The third-order valence-corrected chi connectivity index (χ3v) is 5.51. The maximum Gasteiger partial charge on any atom is 0.00788 e. The third kappa shape index (κ3) is 3.49. The van der Waals surface area contributed by atoms with Crippen LogP contribution in [0.2, 0.25) is 0 Å². The molecule has 2 heteroatoms. The quantitative estimate of drug-likeness (QED) is 0.890. The summed E-state index contributed by atoms with van der Waals surface area (Å²) in [7, 11) is 0. The summed E-state index contributed by atoms with van der Waals surface area (Å²) in [4.78, 5) is 2.61. The zero-order chi connectivity index (χ0) is 14.8. The van der Waals surface area contributed by atoms with E-state index in [1.807, 2.05) is 0 Å². The van der Waals surface area contributed by atoms with Gasteiger partial charge in [0.15, 0.2) is 0 Å². The fourth-order valence-electron chi connectivity index (χ4n) is 3.91. The molecule has 1 heterocycles. The van der Waals surface area contributed by atoms with Crippen LogP contribution in [0.3, 0.4) is 0 Å². The Morgan fingerprint density at radius 2 is 2.00 bits per heavy atom. The standard InChI is InChI=1S/C19H30N2/c1-14(2)21-9-8-16(13-21)12-20-18-10-17(11-18)19-7-5-4-6-15(19)3/h4-7,14,16-18,20H,8-13H2,1-3H3. The van der Waals surface area contributed by atoms with Crippen LogP contribution in [-0.4, -0.2) is 36.6 Å². The van der Waals surface area contributed by atoms with Gasteiger partial charge in [0.1, 0.15) is 0 Å². The Balaban J connectivity index is 1.39. The second-order valence-corrected chi connectivity index (χ2v) is 7.37. The summed E-state index contributed by atoms with van der Waals surface area (Å²) in [5, 5.41) is 3.81. The first-order valence-corrected chi connectivity index (χ1v) is 8.66. The molecule has 0 radical (unpaired) electrons. The van der Waals surface area contributed by atoms with Crippen molar-refractivity contribution in [1.82, 2.24) is 10.2 Å². The molecule has 1 saturated heterocycles. The van der Waals surface area contributed by atoms with E-state index in [1.165, 1.54) is 44.5 Å². The van der Waals surface area contributed by atoms with Crippen molar-refractivity contribution in [3.05, 3.63) is 35.4 Å². The first-order valence-electron chi connectivity index (χ1n) is 8.66. The highest BCUT2D eigenvalue weighted by Gasteiger charge is 2.32. The lowest BCUT2D eigenvalue weighted by atomic mass is 9.74. The van der Waals surface area contributed by atoms with Gasteiger partial charge in [-0.15, -0.1) is 0 Å². The van der Waals surface area contributed by atoms with E-state index in [1.54, 1.807) is 5.56 Å². The number of nitrogens with one attached hydrogen (secondary N) is 1. The summed E-state index contributed by atoms with van der Waals surface area (Å²) in [5.41, 5.74) is 3.03. The van der Waals surface area contributed by atoms with Gasteiger partial charge >= 0.3 is 0 Å². The van der Waals surface area contributed by atoms with Gasteiger partial charge in [-0.05, 0) is 76.1 Å².